The van der Waals surface area contributed by atoms with Crippen LogP contribution in [-0.4, -0.2) is 23.1 Å². The number of anilines is 1. The number of nitriles is 1. The molecule has 4 nitrogen and oxygen atoms in total. The van der Waals surface area contributed by atoms with Gasteiger partial charge in [-0.2, -0.15) is 5.26 Å². The summed E-state index contributed by atoms with van der Waals surface area (Å²) in [6.45, 7) is 5.45. The van der Waals surface area contributed by atoms with Gasteiger partial charge in [-0.25, -0.2) is 9.97 Å². The van der Waals surface area contributed by atoms with Crippen LogP contribution in [0, 0.1) is 17.2 Å². The molecule has 1 aromatic rings. The summed E-state index contributed by atoms with van der Waals surface area (Å²) < 4.78 is 0.858. The number of hydrogen-bond acceptors (Lipinski definition) is 4. The molecule has 0 aliphatic heterocycles. The van der Waals surface area contributed by atoms with Crippen molar-refractivity contribution in [3.05, 3.63) is 17.0 Å². The van der Waals surface area contributed by atoms with Gasteiger partial charge in [-0.15, -0.1) is 0 Å². The number of hydrogen-bond donors (Lipinski definition) is 0. The van der Waals surface area contributed by atoms with Crippen molar-refractivity contribution in [1.82, 2.24) is 9.97 Å². The van der Waals surface area contributed by atoms with Crippen LogP contribution in [0.2, 0.25) is 0 Å². The lowest BCUT2D eigenvalue weighted by Crippen LogP contribution is -2.28. The molecule has 1 atom stereocenters. The number of nitrogens with zero attached hydrogens (tertiary/aromatic N) is 4. The molecule has 0 bridgehead atoms. The van der Waals surface area contributed by atoms with Gasteiger partial charge in [0.1, 0.15) is 12.1 Å². The largest absolute Gasteiger partial charge is 0.355 e. The Morgan fingerprint density at radius 2 is 2.40 bits per heavy atom. The Balaban J connectivity index is 2.84. The quantitative estimate of drug-likeness (QED) is 0.841. The normalized spacial score (nSPS) is 11.9. The maximum absolute atomic E-state index is 8.77. The van der Waals surface area contributed by atoms with Gasteiger partial charge in [-0.1, -0.05) is 0 Å². The first kappa shape index (κ1) is 11.9. The van der Waals surface area contributed by atoms with Crippen LogP contribution in [0.4, 0.5) is 5.82 Å². The van der Waals surface area contributed by atoms with Crippen molar-refractivity contribution in [2.75, 3.05) is 18.0 Å². The van der Waals surface area contributed by atoms with E-state index in [1.807, 2.05) is 13.8 Å². The Kier molecular flexibility index (Phi) is 4.50. The van der Waals surface area contributed by atoms with Crippen LogP contribution in [0.1, 0.15) is 13.8 Å². The highest BCUT2D eigenvalue weighted by atomic mass is 79.9. The summed E-state index contributed by atoms with van der Waals surface area (Å²) in [5.74, 6) is 0.835. The van der Waals surface area contributed by atoms with Crippen LogP contribution in [0.5, 0.6) is 0 Å². The first-order valence-corrected chi connectivity index (χ1v) is 5.58. The van der Waals surface area contributed by atoms with Crippen LogP contribution >= 0.6 is 15.9 Å². The molecule has 1 unspecified atom stereocenters. The minimum absolute atomic E-state index is 0.00758. The maximum atomic E-state index is 8.77. The highest BCUT2D eigenvalue weighted by Crippen LogP contribution is 2.22. The first-order chi connectivity index (χ1) is 7.19. The molecular formula is C10H13BrN4. The molecule has 0 N–H and O–H groups in total. The number of aromatic nitrogens is 2. The van der Waals surface area contributed by atoms with E-state index < -0.39 is 0 Å². The average Bonchev–Trinajstić information content (AvgIpc) is 2.26. The monoisotopic (exact) mass is 268 g/mol. The van der Waals surface area contributed by atoms with E-state index in [9.17, 15) is 0 Å². The van der Waals surface area contributed by atoms with Crippen molar-refractivity contribution >= 4 is 21.7 Å². The van der Waals surface area contributed by atoms with E-state index in [-0.39, 0.29) is 5.92 Å². The van der Waals surface area contributed by atoms with Crippen molar-refractivity contribution in [3.63, 3.8) is 0 Å². The van der Waals surface area contributed by atoms with Gasteiger partial charge < -0.3 is 4.90 Å². The van der Waals surface area contributed by atoms with Gasteiger partial charge in [-0.05, 0) is 29.8 Å². The van der Waals surface area contributed by atoms with Crippen molar-refractivity contribution < 1.29 is 0 Å². The van der Waals surface area contributed by atoms with Gasteiger partial charge in [0.05, 0.1) is 16.5 Å². The lowest BCUT2D eigenvalue weighted by molar-refractivity contribution is 0.677. The minimum Gasteiger partial charge on any atom is -0.355 e. The lowest BCUT2D eigenvalue weighted by Gasteiger charge is -2.23. The molecule has 0 fully saturated rings. The molecule has 80 valence electrons. The Morgan fingerprint density at radius 3 is 2.93 bits per heavy atom. The smallest absolute Gasteiger partial charge is 0.146 e. The molecule has 5 heteroatoms. The Labute approximate surface area is 98.1 Å². The summed E-state index contributed by atoms with van der Waals surface area (Å²) >= 11 is 3.40. The number of rotatable bonds is 4. The zero-order valence-electron chi connectivity index (χ0n) is 8.81. The van der Waals surface area contributed by atoms with E-state index in [1.165, 1.54) is 6.33 Å². The lowest BCUT2D eigenvalue weighted by atomic mass is 10.2. The molecule has 0 aliphatic rings. The van der Waals surface area contributed by atoms with E-state index >= 15 is 0 Å². The Hall–Kier alpha value is -1.15. The van der Waals surface area contributed by atoms with Gasteiger partial charge in [0.25, 0.3) is 0 Å². The molecule has 1 aromatic heterocycles. The molecule has 0 aromatic carbocycles. The van der Waals surface area contributed by atoms with Crippen LogP contribution in [-0.2, 0) is 0 Å². The maximum Gasteiger partial charge on any atom is 0.146 e. The van der Waals surface area contributed by atoms with E-state index in [2.05, 4.69) is 36.9 Å². The van der Waals surface area contributed by atoms with Crippen LogP contribution in [0.3, 0.4) is 0 Å². The average molecular weight is 269 g/mol. The van der Waals surface area contributed by atoms with Crippen molar-refractivity contribution in [2.24, 2.45) is 5.92 Å². The standard InChI is InChI=1S/C10H13BrN4/c1-3-15(6-8(2)4-12)10-9(11)5-13-7-14-10/h5,7-8H,3,6H2,1-2H3. The van der Waals surface area contributed by atoms with Gasteiger partial charge in [0.2, 0.25) is 0 Å². The Bertz CT molecular complexity index is 361. The summed E-state index contributed by atoms with van der Waals surface area (Å²) in [6.07, 6.45) is 3.22. The molecule has 1 rings (SSSR count). The highest BCUT2D eigenvalue weighted by Gasteiger charge is 2.12. The zero-order chi connectivity index (χ0) is 11.3. The zero-order valence-corrected chi connectivity index (χ0v) is 10.4. The van der Waals surface area contributed by atoms with Crippen molar-refractivity contribution in [2.45, 2.75) is 13.8 Å². The molecular weight excluding hydrogens is 256 g/mol. The van der Waals surface area contributed by atoms with Gasteiger partial charge in [0, 0.05) is 19.3 Å². The minimum atomic E-state index is -0.00758. The highest BCUT2D eigenvalue weighted by molar-refractivity contribution is 9.10. The van der Waals surface area contributed by atoms with Gasteiger partial charge in [-0.3, -0.25) is 0 Å². The second kappa shape index (κ2) is 5.66. The SMILES string of the molecule is CCN(CC(C)C#N)c1ncncc1Br. The summed E-state index contributed by atoms with van der Waals surface area (Å²) in [7, 11) is 0. The van der Waals surface area contributed by atoms with E-state index in [4.69, 9.17) is 5.26 Å². The van der Waals surface area contributed by atoms with Crippen molar-refractivity contribution in [3.8, 4) is 6.07 Å². The predicted octanol–water partition coefficient (Wildman–Crippen LogP) is 2.23. The van der Waals surface area contributed by atoms with E-state index in [0.29, 0.717) is 6.54 Å². The third-order valence-electron chi connectivity index (χ3n) is 2.04. The second-order valence-electron chi connectivity index (χ2n) is 3.26. The van der Waals surface area contributed by atoms with Crippen LogP contribution in [0.15, 0.2) is 17.0 Å². The third kappa shape index (κ3) is 3.17. The third-order valence-corrected chi connectivity index (χ3v) is 2.60. The summed E-state index contributed by atoms with van der Waals surface area (Å²) in [6, 6.07) is 2.22. The molecule has 1 heterocycles. The van der Waals surface area contributed by atoms with E-state index in [1.54, 1.807) is 6.20 Å². The fourth-order valence-electron chi connectivity index (χ4n) is 1.28. The van der Waals surface area contributed by atoms with Crippen molar-refractivity contribution in [1.29, 1.82) is 5.26 Å². The fourth-order valence-corrected chi connectivity index (χ4v) is 1.75. The van der Waals surface area contributed by atoms with Crippen LogP contribution < -0.4 is 4.90 Å². The summed E-state index contributed by atoms with van der Waals surface area (Å²) in [5, 5.41) is 8.77. The van der Waals surface area contributed by atoms with Gasteiger partial charge >= 0.3 is 0 Å². The topological polar surface area (TPSA) is 52.8 Å². The second-order valence-corrected chi connectivity index (χ2v) is 4.12. The molecule has 0 amide bonds. The van der Waals surface area contributed by atoms with Crippen LogP contribution in [0.25, 0.3) is 0 Å². The fraction of sp³-hybridized carbons (Fsp3) is 0.500. The molecule has 15 heavy (non-hydrogen) atoms. The molecule has 0 saturated carbocycles. The van der Waals surface area contributed by atoms with Gasteiger partial charge in [0.15, 0.2) is 0 Å². The van der Waals surface area contributed by atoms with E-state index in [0.717, 1.165) is 16.8 Å². The predicted molar refractivity (Wildman–Crippen MR) is 62.4 cm³/mol. The first-order valence-electron chi connectivity index (χ1n) is 4.79. The summed E-state index contributed by atoms with van der Waals surface area (Å²) in [5.41, 5.74) is 0. The number of halogens is 1. The molecule has 0 spiro atoms. The molecule has 0 radical (unpaired) electrons. The Morgan fingerprint density at radius 1 is 1.67 bits per heavy atom. The summed E-state index contributed by atoms with van der Waals surface area (Å²) in [4.78, 5) is 10.2. The molecule has 0 saturated heterocycles. The molecule has 0 aliphatic carbocycles.